The van der Waals surface area contributed by atoms with Crippen molar-refractivity contribution in [3.8, 4) is 0 Å². The first-order valence-corrected chi connectivity index (χ1v) is 9.73. The number of nitrogen functional groups attached to an aromatic ring is 1. The number of nitrogens with two attached hydrogens (primary N) is 1. The van der Waals surface area contributed by atoms with E-state index in [2.05, 4.69) is 43.3 Å². The Morgan fingerprint density at radius 3 is 2.04 bits per heavy atom. The molecule has 0 amide bonds. The van der Waals surface area contributed by atoms with Crippen LogP contribution in [0, 0.1) is 0 Å². The summed E-state index contributed by atoms with van der Waals surface area (Å²) in [7, 11) is 0. The Kier molecular flexibility index (Phi) is 5.96. The lowest BCUT2D eigenvalue weighted by Crippen LogP contribution is -2.06. The van der Waals surface area contributed by atoms with Gasteiger partial charge in [-0.3, -0.25) is 0 Å². The normalized spacial score (nSPS) is 16.9. The van der Waals surface area contributed by atoms with Crippen molar-refractivity contribution in [3.05, 3.63) is 65.2 Å². The number of rotatable bonds is 6. The molecular weight excluding hydrogens is 290 g/mol. The summed E-state index contributed by atoms with van der Waals surface area (Å²) < 4.78 is 0. The van der Waals surface area contributed by atoms with E-state index in [1.165, 1.54) is 62.5 Å². The highest BCUT2D eigenvalue weighted by atomic mass is 14.5. The molecule has 24 heavy (non-hydrogen) atoms. The fraction of sp³-hybridized carbons (Fsp3) is 0.478. The van der Waals surface area contributed by atoms with Crippen molar-refractivity contribution in [2.24, 2.45) is 0 Å². The third-order valence-electron chi connectivity index (χ3n) is 5.60. The van der Waals surface area contributed by atoms with Crippen LogP contribution >= 0.6 is 0 Å². The van der Waals surface area contributed by atoms with Gasteiger partial charge >= 0.3 is 0 Å². The molecule has 2 N–H and O–H groups in total. The maximum atomic E-state index is 5.87. The van der Waals surface area contributed by atoms with Gasteiger partial charge in [-0.2, -0.15) is 0 Å². The average molecular weight is 322 g/mol. The molecular formula is C23H31N. The molecule has 1 atom stereocenters. The van der Waals surface area contributed by atoms with Gasteiger partial charge in [0.15, 0.2) is 0 Å². The van der Waals surface area contributed by atoms with Crippen LogP contribution in [0.25, 0.3) is 0 Å². The molecule has 2 aromatic carbocycles. The van der Waals surface area contributed by atoms with Crippen LogP contribution in [0.4, 0.5) is 5.69 Å². The first-order chi connectivity index (χ1) is 11.8. The molecule has 0 heterocycles. The van der Waals surface area contributed by atoms with E-state index in [-0.39, 0.29) is 0 Å². The Morgan fingerprint density at radius 2 is 1.46 bits per heavy atom. The third kappa shape index (κ3) is 4.20. The van der Waals surface area contributed by atoms with Crippen molar-refractivity contribution >= 4 is 5.69 Å². The number of hydrogen-bond donors (Lipinski definition) is 1. The molecule has 0 radical (unpaired) electrons. The summed E-state index contributed by atoms with van der Waals surface area (Å²) in [5.74, 6) is 1.28. The lowest BCUT2D eigenvalue weighted by Gasteiger charge is -2.23. The molecule has 0 spiro atoms. The molecule has 0 aliphatic heterocycles. The van der Waals surface area contributed by atoms with Gasteiger partial charge < -0.3 is 5.73 Å². The van der Waals surface area contributed by atoms with Gasteiger partial charge in [-0.05, 0) is 54.0 Å². The Labute approximate surface area is 147 Å². The van der Waals surface area contributed by atoms with Crippen molar-refractivity contribution < 1.29 is 0 Å². The van der Waals surface area contributed by atoms with Crippen LogP contribution in [-0.4, -0.2) is 0 Å². The average Bonchev–Trinajstić information content (AvgIpc) is 2.65. The molecule has 3 rings (SSSR count). The molecule has 1 fully saturated rings. The fourth-order valence-electron chi connectivity index (χ4n) is 4.10. The number of unbranched alkanes of at least 4 members (excludes halogenated alkanes) is 1. The molecule has 1 nitrogen and oxygen atoms in total. The van der Waals surface area contributed by atoms with Gasteiger partial charge in [0.2, 0.25) is 0 Å². The van der Waals surface area contributed by atoms with Crippen LogP contribution in [0.2, 0.25) is 0 Å². The van der Waals surface area contributed by atoms with Gasteiger partial charge in [-0.1, -0.05) is 75.4 Å². The predicted molar refractivity (Wildman–Crippen MR) is 104 cm³/mol. The van der Waals surface area contributed by atoms with Gasteiger partial charge in [-0.25, -0.2) is 0 Å². The van der Waals surface area contributed by atoms with Gasteiger partial charge in [0.05, 0.1) is 0 Å². The summed E-state index contributed by atoms with van der Waals surface area (Å²) in [5.41, 5.74) is 11.1. The summed E-state index contributed by atoms with van der Waals surface area (Å²) in [4.78, 5) is 0. The molecule has 0 bridgehead atoms. The van der Waals surface area contributed by atoms with E-state index in [0.717, 1.165) is 11.6 Å². The zero-order valence-corrected chi connectivity index (χ0v) is 15.0. The standard InChI is InChI=1S/C23H31N/c1-2-3-9-23(21-14-16-22(24)17-15-21)20-12-10-19(11-13-20)18-7-5-4-6-8-18/h10-18,23H,2-9,24H2,1H3. The van der Waals surface area contributed by atoms with Crippen LogP contribution in [-0.2, 0) is 0 Å². The predicted octanol–water partition coefficient (Wildman–Crippen LogP) is 6.64. The van der Waals surface area contributed by atoms with E-state index in [4.69, 9.17) is 5.73 Å². The minimum atomic E-state index is 0.492. The molecule has 0 saturated heterocycles. The van der Waals surface area contributed by atoms with Gasteiger partial charge in [0.1, 0.15) is 0 Å². The smallest absolute Gasteiger partial charge is 0.0314 e. The molecule has 2 aromatic rings. The van der Waals surface area contributed by atoms with E-state index in [1.54, 1.807) is 5.56 Å². The summed E-state index contributed by atoms with van der Waals surface area (Å²) in [6.45, 7) is 2.27. The second-order valence-corrected chi connectivity index (χ2v) is 7.36. The lowest BCUT2D eigenvalue weighted by molar-refractivity contribution is 0.443. The SMILES string of the molecule is CCCCC(c1ccc(N)cc1)c1ccc(C2CCCCC2)cc1. The van der Waals surface area contributed by atoms with Crippen molar-refractivity contribution in [2.45, 2.75) is 70.1 Å². The van der Waals surface area contributed by atoms with Crippen LogP contribution in [0.1, 0.15) is 86.8 Å². The molecule has 1 aliphatic carbocycles. The summed E-state index contributed by atoms with van der Waals surface area (Å²) in [6, 6.07) is 18.0. The minimum absolute atomic E-state index is 0.492. The van der Waals surface area contributed by atoms with Gasteiger partial charge in [0, 0.05) is 11.6 Å². The molecule has 0 aromatic heterocycles. The Balaban J connectivity index is 1.80. The first kappa shape index (κ1) is 17.1. The highest BCUT2D eigenvalue weighted by molar-refractivity contribution is 5.43. The molecule has 1 aliphatic rings. The fourth-order valence-corrected chi connectivity index (χ4v) is 4.10. The number of hydrogen-bond acceptors (Lipinski definition) is 1. The summed E-state index contributed by atoms with van der Waals surface area (Å²) >= 11 is 0. The molecule has 1 saturated carbocycles. The van der Waals surface area contributed by atoms with Crippen molar-refractivity contribution in [2.75, 3.05) is 5.73 Å². The molecule has 128 valence electrons. The van der Waals surface area contributed by atoms with E-state index >= 15 is 0 Å². The molecule has 1 unspecified atom stereocenters. The maximum absolute atomic E-state index is 5.87. The van der Waals surface area contributed by atoms with E-state index in [0.29, 0.717) is 5.92 Å². The highest BCUT2D eigenvalue weighted by Crippen LogP contribution is 2.35. The highest BCUT2D eigenvalue weighted by Gasteiger charge is 2.17. The van der Waals surface area contributed by atoms with E-state index in [1.807, 2.05) is 12.1 Å². The third-order valence-corrected chi connectivity index (χ3v) is 5.60. The van der Waals surface area contributed by atoms with E-state index < -0.39 is 0 Å². The summed E-state index contributed by atoms with van der Waals surface area (Å²) in [6.07, 6.45) is 10.7. The van der Waals surface area contributed by atoms with Crippen molar-refractivity contribution in [3.63, 3.8) is 0 Å². The van der Waals surface area contributed by atoms with Crippen LogP contribution in [0.5, 0.6) is 0 Å². The maximum Gasteiger partial charge on any atom is 0.0314 e. The Morgan fingerprint density at radius 1 is 0.875 bits per heavy atom. The molecule has 1 heteroatoms. The monoisotopic (exact) mass is 321 g/mol. The topological polar surface area (TPSA) is 26.0 Å². The first-order valence-electron chi connectivity index (χ1n) is 9.73. The van der Waals surface area contributed by atoms with Crippen LogP contribution in [0.15, 0.2) is 48.5 Å². The number of benzene rings is 2. The van der Waals surface area contributed by atoms with Crippen LogP contribution < -0.4 is 5.73 Å². The Hall–Kier alpha value is -1.76. The minimum Gasteiger partial charge on any atom is -0.399 e. The van der Waals surface area contributed by atoms with Crippen LogP contribution in [0.3, 0.4) is 0 Å². The van der Waals surface area contributed by atoms with E-state index in [9.17, 15) is 0 Å². The second kappa shape index (κ2) is 8.37. The zero-order chi connectivity index (χ0) is 16.8. The Bertz CT molecular complexity index is 605. The largest absolute Gasteiger partial charge is 0.399 e. The zero-order valence-electron chi connectivity index (χ0n) is 15.0. The lowest BCUT2D eigenvalue weighted by atomic mass is 9.82. The number of anilines is 1. The van der Waals surface area contributed by atoms with Gasteiger partial charge in [-0.15, -0.1) is 0 Å². The van der Waals surface area contributed by atoms with Crippen molar-refractivity contribution in [1.29, 1.82) is 0 Å². The van der Waals surface area contributed by atoms with Gasteiger partial charge in [0.25, 0.3) is 0 Å². The quantitative estimate of drug-likeness (QED) is 0.593. The summed E-state index contributed by atoms with van der Waals surface area (Å²) in [5, 5.41) is 0. The van der Waals surface area contributed by atoms with Crippen molar-refractivity contribution in [1.82, 2.24) is 0 Å². The second-order valence-electron chi connectivity index (χ2n) is 7.36.